The molecule has 2 aromatic rings. The molecular weight excluding hydrogens is 377 g/mol. The number of aliphatic carboxylic acids is 1. The number of alkyl halides is 3. The number of amides is 1. The van der Waals surface area contributed by atoms with Crippen molar-refractivity contribution in [3.05, 3.63) is 29.3 Å². The van der Waals surface area contributed by atoms with Crippen LogP contribution in [0.4, 0.5) is 13.2 Å². The minimum absolute atomic E-state index is 0.191. The molecule has 1 atom stereocenters. The van der Waals surface area contributed by atoms with Crippen LogP contribution in [0.15, 0.2) is 24.3 Å². The monoisotopic (exact) mass is 392 g/mol. The van der Waals surface area contributed by atoms with Gasteiger partial charge in [-0.05, 0) is 12.1 Å². The molecule has 1 heterocycles. The van der Waals surface area contributed by atoms with Crippen molar-refractivity contribution in [2.45, 2.75) is 18.2 Å². The van der Waals surface area contributed by atoms with Gasteiger partial charge in [0.1, 0.15) is 11.6 Å². The number of hydrogen-bond acceptors (Lipinski definition) is 6. The second-order valence-corrected chi connectivity index (χ2v) is 6.35. The number of aliphatic hydroxyl groups is 1. The van der Waals surface area contributed by atoms with Crippen molar-refractivity contribution in [3.63, 3.8) is 0 Å². The van der Waals surface area contributed by atoms with Crippen molar-refractivity contribution in [1.29, 1.82) is 0 Å². The summed E-state index contributed by atoms with van der Waals surface area (Å²) in [4.78, 5) is 25.9. The third-order valence-corrected chi connectivity index (χ3v) is 4.51. The summed E-state index contributed by atoms with van der Waals surface area (Å²) < 4.78 is 45.5. The normalized spacial score (nSPS) is 14.2. The molecule has 0 bridgehead atoms. The highest BCUT2D eigenvalue weighted by molar-refractivity contribution is 7.18. The van der Waals surface area contributed by atoms with Crippen LogP contribution in [-0.4, -0.2) is 53.0 Å². The number of fused-ring (bicyclic) bond motifs is 1. The van der Waals surface area contributed by atoms with Gasteiger partial charge in [-0.3, -0.25) is 4.79 Å². The molecule has 1 amide bonds. The number of ether oxygens (including phenoxy) is 1. The number of para-hydroxylation sites is 1. The van der Waals surface area contributed by atoms with E-state index in [1.165, 1.54) is 6.07 Å². The summed E-state index contributed by atoms with van der Waals surface area (Å²) in [6, 6.07) is 6.29. The number of rotatable bonds is 8. The summed E-state index contributed by atoms with van der Waals surface area (Å²) in [6.07, 6.45) is -6.38. The molecule has 2 rings (SSSR count). The first-order valence-corrected chi connectivity index (χ1v) is 8.16. The average molecular weight is 392 g/mol. The number of carboxylic acids is 1. The first-order chi connectivity index (χ1) is 12.1. The first kappa shape index (κ1) is 20.1. The number of nitrogens with one attached hydrogen (secondary N) is 1. The van der Waals surface area contributed by atoms with Gasteiger partial charge in [0, 0.05) is 6.54 Å². The van der Waals surface area contributed by atoms with E-state index >= 15 is 0 Å². The number of nitrogens with zero attached hydrogens (tertiary/aromatic N) is 1. The van der Waals surface area contributed by atoms with Gasteiger partial charge in [0.2, 0.25) is 11.5 Å². The number of hydrogen-bond donors (Lipinski definition) is 3. The summed E-state index contributed by atoms with van der Waals surface area (Å²) in [5.41, 5.74) is -3.14. The number of benzene rings is 1. The Kier molecular flexibility index (Phi) is 6.16. The van der Waals surface area contributed by atoms with Gasteiger partial charge in [0.25, 0.3) is 0 Å². The fourth-order valence-corrected chi connectivity index (χ4v) is 3.14. The van der Waals surface area contributed by atoms with Crippen molar-refractivity contribution in [2.75, 3.05) is 19.8 Å². The van der Waals surface area contributed by atoms with Crippen LogP contribution in [0.2, 0.25) is 0 Å². The Morgan fingerprint density at radius 2 is 1.96 bits per heavy atom. The van der Waals surface area contributed by atoms with E-state index in [4.69, 9.17) is 5.11 Å². The molecule has 142 valence electrons. The number of thiazole rings is 1. The van der Waals surface area contributed by atoms with Gasteiger partial charge >= 0.3 is 12.1 Å². The van der Waals surface area contributed by atoms with Crippen molar-refractivity contribution in [2.24, 2.45) is 0 Å². The summed E-state index contributed by atoms with van der Waals surface area (Å²) >= 11 is 0.657. The molecule has 7 nitrogen and oxygen atoms in total. The third-order valence-electron chi connectivity index (χ3n) is 3.33. The maximum absolute atomic E-state index is 13.5. The van der Waals surface area contributed by atoms with Crippen LogP contribution in [0.5, 0.6) is 0 Å². The molecule has 0 aliphatic heterocycles. The zero-order valence-electron chi connectivity index (χ0n) is 13.2. The van der Waals surface area contributed by atoms with Crippen LogP contribution in [-0.2, 0) is 19.9 Å². The highest BCUT2D eigenvalue weighted by Gasteiger charge is 2.58. The molecule has 0 aliphatic rings. The fraction of sp³-hybridized carbons (Fsp3) is 0.400. The van der Waals surface area contributed by atoms with Crippen LogP contribution in [0.25, 0.3) is 10.2 Å². The van der Waals surface area contributed by atoms with Crippen LogP contribution >= 0.6 is 11.3 Å². The predicted octanol–water partition coefficient (Wildman–Crippen LogP) is 1.65. The molecule has 0 aliphatic carbocycles. The second-order valence-electron chi connectivity index (χ2n) is 5.32. The van der Waals surface area contributed by atoms with E-state index in [-0.39, 0.29) is 18.7 Å². The lowest BCUT2D eigenvalue weighted by Crippen LogP contribution is -2.46. The van der Waals surface area contributed by atoms with Crippen LogP contribution in [0.3, 0.4) is 0 Å². The van der Waals surface area contributed by atoms with E-state index < -0.39 is 41.7 Å². The Bertz CT molecular complexity index is 762. The third kappa shape index (κ3) is 4.68. The van der Waals surface area contributed by atoms with Crippen molar-refractivity contribution in [1.82, 2.24) is 10.3 Å². The summed E-state index contributed by atoms with van der Waals surface area (Å²) in [5, 5.41) is 20.1. The lowest BCUT2D eigenvalue weighted by molar-refractivity contribution is -0.267. The molecule has 0 fully saturated rings. The topological polar surface area (TPSA) is 109 Å². The maximum Gasteiger partial charge on any atom is 0.424 e. The number of carbonyl (C=O) groups excluding carboxylic acids is 1. The quantitative estimate of drug-likeness (QED) is 0.590. The lowest BCUT2D eigenvalue weighted by atomic mass is 9.99. The number of carbonyl (C=O) groups is 2. The maximum atomic E-state index is 13.5. The fourth-order valence-electron chi connectivity index (χ4n) is 2.06. The molecule has 3 N–H and O–H groups in total. The first-order valence-electron chi connectivity index (χ1n) is 7.35. The van der Waals surface area contributed by atoms with E-state index in [0.29, 0.717) is 16.0 Å². The van der Waals surface area contributed by atoms with Gasteiger partial charge in [-0.25, -0.2) is 9.78 Å². The molecule has 0 saturated heterocycles. The Labute approximate surface area is 149 Å². The minimum Gasteiger partial charge on any atom is -0.480 e. The number of carboxylic acid groups (broad SMARTS) is 1. The second kappa shape index (κ2) is 7.98. The van der Waals surface area contributed by atoms with E-state index in [1.54, 1.807) is 18.2 Å². The Morgan fingerprint density at radius 3 is 2.58 bits per heavy atom. The zero-order valence-corrected chi connectivity index (χ0v) is 14.1. The van der Waals surface area contributed by atoms with Crippen LogP contribution < -0.4 is 5.32 Å². The number of halogens is 3. The SMILES string of the molecule is O=C(O)COCCNC(=O)CC(O)(c1nc2ccccc2s1)C(F)(F)F. The van der Waals surface area contributed by atoms with Gasteiger partial charge in [-0.1, -0.05) is 12.1 Å². The van der Waals surface area contributed by atoms with E-state index in [0.717, 1.165) is 0 Å². The molecule has 0 saturated carbocycles. The zero-order chi connectivity index (χ0) is 19.4. The molecule has 1 aromatic carbocycles. The smallest absolute Gasteiger partial charge is 0.424 e. The Balaban J connectivity index is 2.09. The van der Waals surface area contributed by atoms with E-state index in [9.17, 15) is 27.9 Å². The average Bonchev–Trinajstić information content (AvgIpc) is 2.97. The Morgan fingerprint density at radius 1 is 1.27 bits per heavy atom. The molecule has 26 heavy (non-hydrogen) atoms. The van der Waals surface area contributed by atoms with Crippen LogP contribution in [0, 0.1) is 0 Å². The standard InChI is InChI=1S/C15H15F3N2O5S/c16-15(17,18)14(24,7-11(21)19-5-6-25-8-12(22)23)13-20-9-3-1-2-4-10(9)26-13/h1-4,24H,5-8H2,(H,19,21)(H,22,23). The molecule has 0 spiro atoms. The lowest BCUT2D eigenvalue weighted by Gasteiger charge is -2.27. The van der Waals surface area contributed by atoms with E-state index in [1.807, 2.05) is 0 Å². The van der Waals surface area contributed by atoms with Gasteiger partial charge < -0.3 is 20.3 Å². The summed E-state index contributed by atoms with van der Waals surface area (Å²) in [5.74, 6) is -2.28. The molecule has 11 heteroatoms. The van der Waals surface area contributed by atoms with Crippen molar-refractivity contribution >= 4 is 33.4 Å². The predicted molar refractivity (Wildman–Crippen MR) is 85.7 cm³/mol. The van der Waals surface area contributed by atoms with Gasteiger partial charge in [-0.15, -0.1) is 11.3 Å². The van der Waals surface area contributed by atoms with E-state index in [2.05, 4.69) is 15.0 Å². The largest absolute Gasteiger partial charge is 0.480 e. The number of aromatic nitrogens is 1. The molecule has 0 radical (unpaired) electrons. The summed E-state index contributed by atoms with van der Waals surface area (Å²) in [6.45, 7) is -0.975. The highest BCUT2D eigenvalue weighted by Crippen LogP contribution is 2.44. The van der Waals surface area contributed by atoms with Gasteiger partial charge in [0.15, 0.2) is 0 Å². The van der Waals surface area contributed by atoms with Crippen molar-refractivity contribution in [3.8, 4) is 0 Å². The van der Waals surface area contributed by atoms with Crippen molar-refractivity contribution < 1.29 is 37.7 Å². The highest BCUT2D eigenvalue weighted by atomic mass is 32.1. The molecule has 1 unspecified atom stereocenters. The minimum atomic E-state index is -5.11. The Hall–Kier alpha value is -2.24. The van der Waals surface area contributed by atoms with Gasteiger partial charge in [-0.2, -0.15) is 13.2 Å². The summed E-state index contributed by atoms with van der Waals surface area (Å²) in [7, 11) is 0. The molecular formula is C15H15F3N2O5S. The van der Waals surface area contributed by atoms with Crippen LogP contribution in [0.1, 0.15) is 11.4 Å². The molecule has 1 aromatic heterocycles. The van der Waals surface area contributed by atoms with Gasteiger partial charge in [0.05, 0.1) is 23.2 Å².